The lowest BCUT2D eigenvalue weighted by Gasteiger charge is -2.32. The third-order valence-corrected chi connectivity index (χ3v) is 7.11. The van der Waals surface area contributed by atoms with Gasteiger partial charge >= 0.3 is 0 Å². The van der Waals surface area contributed by atoms with Gasteiger partial charge in [0, 0.05) is 31.7 Å². The van der Waals surface area contributed by atoms with Gasteiger partial charge in [0.25, 0.3) is 5.91 Å². The molecule has 2 amide bonds. The van der Waals surface area contributed by atoms with Gasteiger partial charge in [-0.2, -0.15) is 0 Å². The molecule has 204 valence electrons. The van der Waals surface area contributed by atoms with Crippen LogP contribution >= 0.6 is 36.4 Å². The Bertz CT molecular complexity index is 1010. The van der Waals surface area contributed by atoms with Crippen LogP contribution in [-0.2, 0) is 11.3 Å². The average Bonchev–Trinajstić information content (AvgIpc) is 2.87. The number of piperidine rings is 2. The van der Waals surface area contributed by atoms with Crippen LogP contribution in [0.3, 0.4) is 0 Å². The second kappa shape index (κ2) is 15.4. The second-order valence-corrected chi connectivity index (χ2v) is 9.83. The zero-order valence-corrected chi connectivity index (χ0v) is 23.6. The Balaban J connectivity index is 0.00000241. The van der Waals surface area contributed by atoms with Crippen molar-refractivity contribution >= 4 is 53.9 Å². The van der Waals surface area contributed by atoms with Crippen LogP contribution in [0.5, 0.6) is 5.75 Å². The molecule has 0 radical (unpaired) electrons. The molecule has 0 saturated carbocycles. The van der Waals surface area contributed by atoms with E-state index in [-0.39, 0.29) is 42.7 Å². The highest BCUT2D eigenvalue weighted by Crippen LogP contribution is 2.31. The third-order valence-electron chi connectivity index (χ3n) is 6.80. The van der Waals surface area contributed by atoms with Gasteiger partial charge in [0.1, 0.15) is 5.75 Å². The Kier molecular flexibility index (Phi) is 13.0. The Morgan fingerprint density at radius 1 is 0.973 bits per heavy atom. The van der Waals surface area contributed by atoms with Gasteiger partial charge in [0.05, 0.1) is 29.9 Å². The standard InChI is InChI=1S/C27H35ClN4O3.2ClH/c1-35-25-17-24(30-26(33)19-31-12-6-3-7-13-31)23(28)16-22(25)27(34)29-21-10-14-32(15-11-21)18-20-8-4-2-5-9-20;;/h2,4-5,8-9,16-17,21H,3,6-7,10-15,18-19H2,1H3,(H,29,34)(H,30,33);2*1H. The van der Waals surface area contributed by atoms with Crippen LogP contribution < -0.4 is 15.4 Å². The molecule has 7 nitrogen and oxygen atoms in total. The van der Waals surface area contributed by atoms with Crippen LogP contribution in [0.1, 0.15) is 48.0 Å². The van der Waals surface area contributed by atoms with Gasteiger partial charge in [-0.3, -0.25) is 19.4 Å². The minimum atomic E-state index is -0.212. The normalized spacial score (nSPS) is 16.7. The Hall–Kier alpha value is -2.03. The van der Waals surface area contributed by atoms with E-state index < -0.39 is 0 Å². The van der Waals surface area contributed by atoms with E-state index in [0.717, 1.165) is 58.4 Å². The van der Waals surface area contributed by atoms with E-state index in [1.54, 1.807) is 12.1 Å². The molecule has 37 heavy (non-hydrogen) atoms. The first-order valence-electron chi connectivity index (χ1n) is 12.5. The van der Waals surface area contributed by atoms with Crippen molar-refractivity contribution in [1.29, 1.82) is 0 Å². The largest absolute Gasteiger partial charge is 0.496 e. The molecule has 0 bridgehead atoms. The first kappa shape index (κ1) is 31.2. The maximum Gasteiger partial charge on any atom is 0.255 e. The number of anilines is 1. The van der Waals surface area contributed by atoms with Crippen molar-refractivity contribution in [3.05, 3.63) is 58.6 Å². The number of carbonyl (C=O) groups excluding carboxylic acids is 2. The van der Waals surface area contributed by atoms with Gasteiger partial charge in [-0.25, -0.2) is 0 Å². The van der Waals surface area contributed by atoms with Crippen LogP contribution in [0.15, 0.2) is 42.5 Å². The number of likely N-dealkylation sites (tertiary alicyclic amines) is 2. The molecule has 2 aromatic carbocycles. The second-order valence-electron chi connectivity index (χ2n) is 9.43. The molecular formula is C27H37Cl3N4O3. The van der Waals surface area contributed by atoms with E-state index in [1.807, 2.05) is 6.07 Å². The topological polar surface area (TPSA) is 73.9 Å². The van der Waals surface area contributed by atoms with E-state index in [4.69, 9.17) is 16.3 Å². The van der Waals surface area contributed by atoms with Crippen LogP contribution in [0.2, 0.25) is 5.02 Å². The summed E-state index contributed by atoms with van der Waals surface area (Å²) in [6.07, 6.45) is 5.24. The van der Waals surface area contributed by atoms with Crippen LogP contribution in [0.4, 0.5) is 5.69 Å². The number of ether oxygens (including phenoxy) is 1. The number of rotatable bonds is 8. The summed E-state index contributed by atoms with van der Waals surface area (Å²) >= 11 is 6.46. The average molecular weight is 572 g/mol. The summed E-state index contributed by atoms with van der Waals surface area (Å²) < 4.78 is 5.48. The van der Waals surface area contributed by atoms with Gasteiger partial charge in [-0.15, -0.1) is 24.8 Å². The van der Waals surface area contributed by atoms with Crippen LogP contribution in [-0.4, -0.2) is 67.5 Å². The van der Waals surface area contributed by atoms with Gasteiger partial charge in [0.2, 0.25) is 5.91 Å². The van der Waals surface area contributed by atoms with Gasteiger partial charge < -0.3 is 15.4 Å². The van der Waals surface area contributed by atoms with Crippen molar-refractivity contribution < 1.29 is 14.3 Å². The molecule has 10 heteroatoms. The molecule has 2 fully saturated rings. The molecule has 0 unspecified atom stereocenters. The number of nitrogens with one attached hydrogen (secondary N) is 2. The van der Waals surface area contributed by atoms with Crippen molar-refractivity contribution in [2.24, 2.45) is 0 Å². The van der Waals surface area contributed by atoms with Crippen LogP contribution in [0, 0.1) is 0 Å². The lowest BCUT2D eigenvalue weighted by molar-refractivity contribution is -0.117. The first-order chi connectivity index (χ1) is 17.0. The minimum absolute atomic E-state index is 0. The summed E-state index contributed by atoms with van der Waals surface area (Å²) in [5.41, 5.74) is 2.13. The predicted octanol–water partition coefficient (Wildman–Crippen LogP) is 5.01. The van der Waals surface area contributed by atoms with E-state index in [2.05, 4.69) is 44.7 Å². The third kappa shape index (κ3) is 9.04. The SMILES string of the molecule is COc1cc(NC(=O)CN2CCCCC2)c(Cl)cc1C(=O)NC1CCN(Cc2ccccc2)CC1.Cl.Cl. The lowest BCUT2D eigenvalue weighted by atomic mass is 10.0. The Labute approximate surface area is 237 Å². The number of methoxy groups -OCH3 is 1. The van der Waals surface area contributed by atoms with Crippen LogP contribution in [0.25, 0.3) is 0 Å². The summed E-state index contributed by atoms with van der Waals surface area (Å²) in [5.74, 6) is 0.0634. The molecule has 0 aromatic heterocycles. The molecular weight excluding hydrogens is 535 g/mol. The highest BCUT2D eigenvalue weighted by atomic mass is 35.5. The van der Waals surface area contributed by atoms with Gasteiger partial charge in [0.15, 0.2) is 0 Å². The highest BCUT2D eigenvalue weighted by Gasteiger charge is 2.24. The fraction of sp³-hybridized carbons (Fsp3) is 0.481. The summed E-state index contributed by atoms with van der Waals surface area (Å²) in [6.45, 7) is 5.00. The fourth-order valence-electron chi connectivity index (χ4n) is 4.85. The summed E-state index contributed by atoms with van der Waals surface area (Å²) in [6, 6.07) is 13.8. The van der Waals surface area contributed by atoms with E-state index in [9.17, 15) is 9.59 Å². The van der Waals surface area contributed by atoms with Crippen molar-refractivity contribution in [3.63, 3.8) is 0 Å². The van der Waals surface area contributed by atoms with Crippen molar-refractivity contribution in [1.82, 2.24) is 15.1 Å². The predicted molar refractivity (Wildman–Crippen MR) is 154 cm³/mol. The number of halogens is 3. The lowest BCUT2D eigenvalue weighted by Crippen LogP contribution is -2.44. The van der Waals surface area contributed by atoms with Crippen molar-refractivity contribution in [3.8, 4) is 5.75 Å². The zero-order chi connectivity index (χ0) is 24.6. The maximum atomic E-state index is 13.1. The number of nitrogens with zero attached hydrogens (tertiary/aromatic N) is 2. The number of amides is 2. The monoisotopic (exact) mass is 570 g/mol. The van der Waals surface area contributed by atoms with Crippen molar-refractivity contribution in [2.75, 3.05) is 45.2 Å². The molecule has 4 rings (SSSR count). The molecule has 0 spiro atoms. The molecule has 0 aliphatic carbocycles. The fourth-order valence-corrected chi connectivity index (χ4v) is 5.06. The quantitative estimate of drug-likeness (QED) is 0.466. The van der Waals surface area contributed by atoms with Crippen molar-refractivity contribution in [2.45, 2.75) is 44.7 Å². The molecule has 2 aromatic rings. The molecule has 2 aliphatic heterocycles. The van der Waals surface area contributed by atoms with Gasteiger partial charge in [-0.1, -0.05) is 48.4 Å². The number of benzene rings is 2. The minimum Gasteiger partial charge on any atom is -0.496 e. The van der Waals surface area contributed by atoms with E-state index in [1.165, 1.54) is 19.1 Å². The summed E-state index contributed by atoms with van der Waals surface area (Å²) in [4.78, 5) is 30.1. The number of hydrogen-bond donors (Lipinski definition) is 2. The van der Waals surface area contributed by atoms with E-state index >= 15 is 0 Å². The smallest absolute Gasteiger partial charge is 0.255 e. The van der Waals surface area contributed by atoms with Gasteiger partial charge in [-0.05, 0) is 50.4 Å². The molecule has 0 atom stereocenters. The number of hydrogen-bond acceptors (Lipinski definition) is 5. The molecule has 2 N–H and O–H groups in total. The Morgan fingerprint density at radius 3 is 2.30 bits per heavy atom. The van der Waals surface area contributed by atoms with E-state index in [0.29, 0.717) is 28.6 Å². The number of carbonyl (C=O) groups is 2. The zero-order valence-electron chi connectivity index (χ0n) is 21.2. The molecule has 2 aliphatic rings. The first-order valence-corrected chi connectivity index (χ1v) is 12.9. The summed E-state index contributed by atoms with van der Waals surface area (Å²) in [7, 11) is 1.52. The molecule has 2 heterocycles. The molecule has 2 saturated heterocycles. The highest BCUT2D eigenvalue weighted by molar-refractivity contribution is 6.34. The maximum absolute atomic E-state index is 13.1. The Morgan fingerprint density at radius 2 is 1.65 bits per heavy atom. The summed E-state index contributed by atoms with van der Waals surface area (Å²) in [5, 5.41) is 6.33.